The fraction of sp³-hybridized carbons (Fsp3) is 1.00. The molecule has 0 aromatic carbocycles. The van der Waals surface area contributed by atoms with Gasteiger partial charge in [0.25, 0.3) is 0 Å². The van der Waals surface area contributed by atoms with Crippen LogP contribution in [0.4, 0.5) is 13.2 Å². The molecule has 0 spiro atoms. The summed E-state index contributed by atoms with van der Waals surface area (Å²) in [5.74, 6) is -0.253. The zero-order valence-electron chi connectivity index (χ0n) is 11.0. The lowest BCUT2D eigenvalue weighted by atomic mass is 9.96. The molecule has 1 aliphatic heterocycles. The summed E-state index contributed by atoms with van der Waals surface area (Å²) in [5, 5.41) is 3.25. The van der Waals surface area contributed by atoms with E-state index in [1.165, 1.54) is 0 Å². The smallest absolute Gasteiger partial charge is 0.314 e. The Kier molecular flexibility index (Phi) is 6.07. The molecule has 1 rings (SSSR count). The number of hydrogen-bond donors (Lipinski definition) is 2. The minimum atomic E-state index is -4.29. The topological polar surface area (TPSA) is 58.2 Å². The van der Waals surface area contributed by atoms with Gasteiger partial charge in [-0.1, -0.05) is 0 Å². The summed E-state index contributed by atoms with van der Waals surface area (Å²) in [6, 6.07) is 0.444. The van der Waals surface area contributed by atoms with Crippen LogP contribution >= 0.6 is 0 Å². The van der Waals surface area contributed by atoms with Crippen LogP contribution in [0.15, 0.2) is 0 Å². The van der Waals surface area contributed by atoms with Crippen molar-refractivity contribution in [3.05, 3.63) is 0 Å². The molecule has 1 fully saturated rings. The fourth-order valence-electron chi connectivity index (χ4n) is 2.01. The van der Waals surface area contributed by atoms with Crippen molar-refractivity contribution in [2.75, 3.05) is 18.8 Å². The summed E-state index contributed by atoms with van der Waals surface area (Å²) in [4.78, 5) is 0. The second kappa shape index (κ2) is 6.90. The van der Waals surface area contributed by atoms with E-state index in [9.17, 15) is 21.6 Å². The quantitative estimate of drug-likeness (QED) is 0.784. The summed E-state index contributed by atoms with van der Waals surface area (Å²) in [7, 11) is -3.59. The zero-order chi connectivity index (χ0) is 14.5. The third kappa shape index (κ3) is 7.74. The van der Waals surface area contributed by atoms with E-state index in [0.717, 1.165) is 19.4 Å². The van der Waals surface area contributed by atoms with Gasteiger partial charge < -0.3 is 5.32 Å². The summed E-state index contributed by atoms with van der Waals surface area (Å²) >= 11 is 0. The van der Waals surface area contributed by atoms with E-state index in [1.54, 1.807) is 0 Å². The molecule has 2 unspecified atom stereocenters. The highest BCUT2D eigenvalue weighted by Crippen LogP contribution is 2.21. The monoisotopic (exact) mass is 302 g/mol. The van der Waals surface area contributed by atoms with Crippen molar-refractivity contribution in [1.29, 1.82) is 0 Å². The summed E-state index contributed by atoms with van der Waals surface area (Å²) in [6.45, 7) is 3.11. The first-order chi connectivity index (χ1) is 8.68. The van der Waals surface area contributed by atoms with Crippen LogP contribution in [-0.4, -0.2) is 39.5 Å². The maximum absolute atomic E-state index is 11.9. The Morgan fingerprint density at radius 3 is 2.53 bits per heavy atom. The molecule has 2 atom stereocenters. The molecule has 114 valence electrons. The maximum Gasteiger partial charge on any atom is 0.389 e. The normalized spacial score (nSPS) is 25.5. The number of rotatable bonds is 6. The van der Waals surface area contributed by atoms with Crippen molar-refractivity contribution in [3.63, 3.8) is 0 Å². The van der Waals surface area contributed by atoms with Gasteiger partial charge in [-0.3, -0.25) is 0 Å². The highest BCUT2D eigenvalue weighted by atomic mass is 32.2. The van der Waals surface area contributed by atoms with Crippen LogP contribution < -0.4 is 10.0 Å². The molecule has 1 aliphatic rings. The van der Waals surface area contributed by atoms with Crippen LogP contribution in [0.3, 0.4) is 0 Å². The number of alkyl halides is 3. The predicted molar refractivity (Wildman–Crippen MR) is 67.3 cm³/mol. The molecule has 0 aromatic heterocycles. The summed E-state index contributed by atoms with van der Waals surface area (Å²) in [6.07, 6.45) is -3.83. The molecule has 2 N–H and O–H groups in total. The Morgan fingerprint density at radius 2 is 2.00 bits per heavy atom. The first-order valence-electron chi connectivity index (χ1n) is 6.45. The molecular weight excluding hydrogens is 281 g/mol. The minimum Gasteiger partial charge on any atom is -0.314 e. The van der Waals surface area contributed by atoms with Gasteiger partial charge in [0, 0.05) is 19.0 Å². The molecule has 19 heavy (non-hydrogen) atoms. The van der Waals surface area contributed by atoms with Crippen molar-refractivity contribution < 1.29 is 21.6 Å². The molecule has 0 radical (unpaired) electrons. The van der Waals surface area contributed by atoms with Gasteiger partial charge in [0.15, 0.2) is 0 Å². The fourth-order valence-corrected chi connectivity index (χ4v) is 3.17. The second-order valence-corrected chi connectivity index (χ2v) is 7.07. The van der Waals surface area contributed by atoms with Crippen LogP contribution in [0, 0.1) is 5.92 Å². The Hall–Kier alpha value is -0.340. The number of sulfonamides is 1. The van der Waals surface area contributed by atoms with Crippen LogP contribution in [0.2, 0.25) is 0 Å². The van der Waals surface area contributed by atoms with Gasteiger partial charge >= 0.3 is 6.18 Å². The van der Waals surface area contributed by atoms with E-state index < -0.39 is 34.8 Å². The molecule has 0 saturated carbocycles. The van der Waals surface area contributed by atoms with Crippen molar-refractivity contribution in [3.8, 4) is 0 Å². The van der Waals surface area contributed by atoms with Crippen molar-refractivity contribution in [2.45, 2.75) is 44.8 Å². The minimum absolute atomic E-state index is 0.216. The zero-order valence-corrected chi connectivity index (χ0v) is 11.8. The average Bonchev–Trinajstić information content (AvgIpc) is 2.26. The van der Waals surface area contributed by atoms with Crippen molar-refractivity contribution >= 4 is 10.0 Å². The molecule has 0 amide bonds. The molecule has 8 heteroatoms. The molecule has 1 saturated heterocycles. The lowest BCUT2D eigenvalue weighted by Crippen LogP contribution is -2.42. The molecule has 4 nitrogen and oxygen atoms in total. The van der Waals surface area contributed by atoms with Gasteiger partial charge in [-0.05, 0) is 38.6 Å². The van der Waals surface area contributed by atoms with E-state index >= 15 is 0 Å². The van der Waals surface area contributed by atoms with Gasteiger partial charge in [-0.15, -0.1) is 0 Å². The third-order valence-corrected chi connectivity index (χ3v) is 4.66. The third-order valence-electron chi connectivity index (χ3n) is 3.23. The number of nitrogens with one attached hydrogen (secondary N) is 2. The van der Waals surface area contributed by atoms with Gasteiger partial charge in [-0.25, -0.2) is 13.1 Å². The number of hydrogen-bond acceptors (Lipinski definition) is 3. The van der Waals surface area contributed by atoms with E-state index in [0.29, 0.717) is 12.6 Å². The van der Waals surface area contributed by atoms with Crippen LogP contribution in [0.25, 0.3) is 0 Å². The Bertz CT molecular complexity index is 363. The van der Waals surface area contributed by atoms with Gasteiger partial charge in [0.2, 0.25) is 10.0 Å². The van der Waals surface area contributed by atoms with Gasteiger partial charge in [0.1, 0.15) is 0 Å². The highest BCUT2D eigenvalue weighted by molar-refractivity contribution is 7.89. The van der Waals surface area contributed by atoms with Gasteiger partial charge in [-0.2, -0.15) is 13.2 Å². The Balaban J connectivity index is 2.23. The average molecular weight is 302 g/mol. The predicted octanol–water partition coefficient (Wildman–Crippen LogP) is 1.64. The first kappa shape index (κ1) is 16.7. The van der Waals surface area contributed by atoms with E-state index in [1.807, 2.05) is 0 Å². The SMILES string of the molecule is CC1CCC(CNS(=O)(=O)CCCC(F)(F)F)CN1. The van der Waals surface area contributed by atoms with Crippen molar-refractivity contribution in [1.82, 2.24) is 10.0 Å². The Morgan fingerprint density at radius 1 is 1.32 bits per heavy atom. The summed E-state index contributed by atoms with van der Waals surface area (Å²) < 4.78 is 61.2. The van der Waals surface area contributed by atoms with Crippen molar-refractivity contribution in [2.24, 2.45) is 5.92 Å². The molecule has 1 heterocycles. The first-order valence-corrected chi connectivity index (χ1v) is 8.11. The standard InChI is InChI=1S/C11H21F3N2O2S/c1-9-3-4-10(7-15-9)8-16-19(17,18)6-2-5-11(12,13)14/h9-10,15-16H,2-8H2,1H3. The van der Waals surface area contributed by atoms with Crippen LogP contribution in [0.1, 0.15) is 32.6 Å². The van der Waals surface area contributed by atoms with Crippen LogP contribution in [-0.2, 0) is 10.0 Å². The second-order valence-electron chi connectivity index (χ2n) is 5.14. The Labute approximate surface area is 112 Å². The van der Waals surface area contributed by atoms with E-state index in [-0.39, 0.29) is 5.92 Å². The summed E-state index contributed by atoms with van der Waals surface area (Å²) in [5.41, 5.74) is 0. The molecule has 0 bridgehead atoms. The molecule has 0 aliphatic carbocycles. The largest absolute Gasteiger partial charge is 0.389 e. The van der Waals surface area contributed by atoms with Gasteiger partial charge in [0.05, 0.1) is 5.75 Å². The maximum atomic E-state index is 11.9. The lowest BCUT2D eigenvalue weighted by molar-refractivity contribution is -0.134. The number of halogens is 3. The van der Waals surface area contributed by atoms with Crippen LogP contribution in [0.5, 0.6) is 0 Å². The van der Waals surface area contributed by atoms with E-state index in [4.69, 9.17) is 0 Å². The highest BCUT2D eigenvalue weighted by Gasteiger charge is 2.27. The molecular formula is C11H21F3N2O2S. The van der Waals surface area contributed by atoms with E-state index in [2.05, 4.69) is 17.0 Å². The molecule has 0 aromatic rings. The lowest BCUT2D eigenvalue weighted by Gasteiger charge is -2.27. The number of piperidine rings is 1.